The minimum absolute atomic E-state index is 0.388. The average molecular weight is 337 g/mol. The molecular formula is C19H19N3O3. The summed E-state index contributed by atoms with van der Waals surface area (Å²) in [4.78, 5) is 11.1. The fourth-order valence-electron chi connectivity index (χ4n) is 2.64. The van der Waals surface area contributed by atoms with Gasteiger partial charge in [-0.2, -0.15) is 0 Å². The molecule has 2 aromatic carbocycles. The molecule has 0 atom stereocenters. The van der Waals surface area contributed by atoms with Crippen LogP contribution in [0, 0.1) is 5.21 Å². The molecule has 0 saturated heterocycles. The quantitative estimate of drug-likeness (QED) is 0.426. The summed E-state index contributed by atoms with van der Waals surface area (Å²) < 4.78 is 6.10. The van der Waals surface area contributed by atoms with Gasteiger partial charge in [-0.15, -0.1) is 0 Å². The SMILES string of the molecule is CCCCc1ccc(/C(=N/[O-])c2ccc(-[n+]3cc(=O)o[nH]3)cc2)cc1. The van der Waals surface area contributed by atoms with Gasteiger partial charge in [0.05, 0.1) is 5.71 Å². The van der Waals surface area contributed by atoms with Crippen molar-refractivity contribution in [2.45, 2.75) is 26.2 Å². The van der Waals surface area contributed by atoms with Gasteiger partial charge in [0.25, 0.3) is 6.20 Å². The molecule has 1 N–H and O–H groups in total. The molecule has 1 aromatic heterocycles. The Labute approximate surface area is 145 Å². The fourth-order valence-corrected chi connectivity index (χ4v) is 2.64. The Bertz CT molecular complexity index is 906. The summed E-state index contributed by atoms with van der Waals surface area (Å²) in [5, 5.41) is 17.1. The molecule has 0 aliphatic rings. The Morgan fingerprint density at radius 2 is 1.76 bits per heavy atom. The summed E-state index contributed by atoms with van der Waals surface area (Å²) in [6.07, 6.45) is 4.64. The number of hydrogen-bond acceptors (Lipinski definition) is 4. The smallest absolute Gasteiger partial charge is 0.427 e. The lowest BCUT2D eigenvalue weighted by molar-refractivity contribution is -0.670. The largest absolute Gasteiger partial charge is 0.791 e. The van der Waals surface area contributed by atoms with Gasteiger partial charge in [-0.3, -0.25) is 4.52 Å². The minimum atomic E-state index is -0.464. The number of aromatic nitrogens is 2. The van der Waals surface area contributed by atoms with E-state index < -0.39 is 5.63 Å². The van der Waals surface area contributed by atoms with Crippen LogP contribution in [-0.4, -0.2) is 11.0 Å². The zero-order valence-corrected chi connectivity index (χ0v) is 13.9. The maximum absolute atomic E-state index is 11.4. The molecule has 6 heteroatoms. The topological polar surface area (TPSA) is 85.3 Å². The predicted octanol–water partition coefficient (Wildman–Crippen LogP) is 2.92. The summed E-state index contributed by atoms with van der Waals surface area (Å²) in [6, 6.07) is 15.1. The van der Waals surface area contributed by atoms with Crippen LogP contribution in [0.4, 0.5) is 0 Å². The van der Waals surface area contributed by atoms with E-state index in [1.54, 1.807) is 24.3 Å². The molecule has 3 rings (SSSR count). The number of nitrogens with one attached hydrogen (secondary N) is 1. The third-order valence-corrected chi connectivity index (χ3v) is 4.04. The first-order valence-electron chi connectivity index (χ1n) is 8.22. The van der Waals surface area contributed by atoms with Crippen molar-refractivity contribution in [3.05, 3.63) is 87.0 Å². The molecule has 0 saturated carbocycles. The van der Waals surface area contributed by atoms with Gasteiger partial charge in [0.1, 0.15) is 0 Å². The van der Waals surface area contributed by atoms with Crippen LogP contribution in [0.3, 0.4) is 0 Å². The van der Waals surface area contributed by atoms with Gasteiger partial charge in [-0.1, -0.05) is 37.6 Å². The highest BCUT2D eigenvalue weighted by Gasteiger charge is 2.12. The first-order chi connectivity index (χ1) is 12.2. The predicted molar refractivity (Wildman–Crippen MR) is 94.9 cm³/mol. The van der Waals surface area contributed by atoms with Gasteiger partial charge < -0.3 is 10.4 Å². The first-order valence-corrected chi connectivity index (χ1v) is 8.22. The molecule has 128 valence electrons. The van der Waals surface area contributed by atoms with E-state index in [1.807, 2.05) is 24.3 Å². The number of unbranched alkanes of at least 4 members (excludes halogenated alkanes) is 1. The van der Waals surface area contributed by atoms with E-state index in [9.17, 15) is 10.0 Å². The monoisotopic (exact) mass is 337 g/mol. The zero-order valence-electron chi connectivity index (χ0n) is 13.9. The second kappa shape index (κ2) is 7.61. The Morgan fingerprint density at radius 3 is 2.28 bits per heavy atom. The Morgan fingerprint density at radius 1 is 1.12 bits per heavy atom. The van der Waals surface area contributed by atoms with Crippen LogP contribution in [0.25, 0.3) is 5.69 Å². The molecule has 0 aliphatic heterocycles. The van der Waals surface area contributed by atoms with Crippen LogP contribution in [-0.2, 0) is 6.42 Å². The van der Waals surface area contributed by atoms with Gasteiger partial charge in [0, 0.05) is 17.7 Å². The zero-order chi connectivity index (χ0) is 17.6. The number of aromatic amines is 1. The van der Waals surface area contributed by atoms with Crippen LogP contribution >= 0.6 is 0 Å². The van der Waals surface area contributed by atoms with Crippen molar-refractivity contribution in [2.75, 3.05) is 0 Å². The number of benzene rings is 2. The Hall–Kier alpha value is -3.15. The van der Waals surface area contributed by atoms with Crippen molar-refractivity contribution in [2.24, 2.45) is 5.16 Å². The number of H-pyrrole nitrogens is 1. The fraction of sp³-hybridized carbons (Fsp3) is 0.211. The van der Waals surface area contributed by atoms with Crippen molar-refractivity contribution < 1.29 is 9.20 Å². The summed E-state index contributed by atoms with van der Waals surface area (Å²) in [6.45, 7) is 2.16. The van der Waals surface area contributed by atoms with E-state index in [1.165, 1.54) is 16.4 Å². The maximum Gasteiger partial charge on any atom is 0.427 e. The van der Waals surface area contributed by atoms with Crippen LogP contribution in [0.2, 0.25) is 0 Å². The molecule has 0 amide bonds. The van der Waals surface area contributed by atoms with E-state index in [-0.39, 0.29) is 0 Å². The molecule has 0 fully saturated rings. The number of rotatable bonds is 6. The third-order valence-electron chi connectivity index (χ3n) is 4.04. The summed E-state index contributed by atoms with van der Waals surface area (Å²) >= 11 is 0. The lowest BCUT2D eigenvalue weighted by Gasteiger charge is -2.10. The van der Waals surface area contributed by atoms with E-state index in [2.05, 4.69) is 21.9 Å². The second-order valence-electron chi connectivity index (χ2n) is 5.80. The van der Waals surface area contributed by atoms with E-state index in [0.29, 0.717) is 11.3 Å². The molecular weight excluding hydrogens is 318 g/mol. The van der Waals surface area contributed by atoms with E-state index in [4.69, 9.17) is 0 Å². The first kappa shape index (κ1) is 16.7. The molecule has 0 aliphatic carbocycles. The molecule has 0 radical (unpaired) electrons. The molecule has 0 unspecified atom stereocenters. The van der Waals surface area contributed by atoms with Crippen LogP contribution in [0.5, 0.6) is 0 Å². The van der Waals surface area contributed by atoms with Crippen molar-refractivity contribution in [1.29, 1.82) is 0 Å². The van der Waals surface area contributed by atoms with Crippen LogP contribution in [0.15, 0.2) is 69.2 Å². The highest BCUT2D eigenvalue weighted by molar-refractivity contribution is 6.13. The number of nitrogens with zero attached hydrogens (tertiary/aromatic N) is 2. The summed E-state index contributed by atoms with van der Waals surface area (Å²) in [5.41, 5.74) is 3.40. The van der Waals surface area contributed by atoms with Crippen LogP contribution in [0.1, 0.15) is 36.5 Å². The maximum atomic E-state index is 11.4. The van der Waals surface area contributed by atoms with Crippen molar-refractivity contribution in [3.8, 4) is 5.69 Å². The van der Waals surface area contributed by atoms with Gasteiger partial charge in [-0.05, 0) is 46.1 Å². The molecule has 25 heavy (non-hydrogen) atoms. The molecule has 0 spiro atoms. The lowest BCUT2D eigenvalue weighted by Crippen LogP contribution is -2.32. The Kier molecular flexibility index (Phi) is 5.09. The normalized spacial score (nSPS) is 11.6. The number of aryl methyl sites for hydroxylation is 1. The standard InChI is InChI=1S/C19H19N3O3/c1-2-3-4-14-5-7-15(8-6-14)19(20-24)16-9-11-17(12-10-16)22-13-18(23)25-21-22/h5-13H,2-4H2,1H3,(H-,21,23,24). The molecule has 0 bridgehead atoms. The van der Waals surface area contributed by atoms with Crippen LogP contribution < -0.4 is 10.3 Å². The highest BCUT2D eigenvalue weighted by Crippen LogP contribution is 2.14. The van der Waals surface area contributed by atoms with Crippen molar-refractivity contribution in [3.63, 3.8) is 0 Å². The van der Waals surface area contributed by atoms with Gasteiger partial charge in [0.15, 0.2) is 0 Å². The molecule has 6 nitrogen and oxygen atoms in total. The lowest BCUT2D eigenvalue weighted by atomic mass is 9.99. The van der Waals surface area contributed by atoms with Crippen molar-refractivity contribution >= 4 is 5.71 Å². The number of hydrogen-bond donors (Lipinski definition) is 1. The van der Waals surface area contributed by atoms with Crippen molar-refractivity contribution in [1.82, 2.24) is 5.27 Å². The van der Waals surface area contributed by atoms with Gasteiger partial charge in [-0.25, -0.2) is 4.79 Å². The average Bonchev–Trinajstić information content (AvgIpc) is 3.09. The van der Waals surface area contributed by atoms with Gasteiger partial charge in [0.2, 0.25) is 5.69 Å². The van der Waals surface area contributed by atoms with E-state index in [0.717, 1.165) is 30.5 Å². The third kappa shape index (κ3) is 3.85. The summed E-state index contributed by atoms with van der Waals surface area (Å²) in [5.74, 6) is 0. The summed E-state index contributed by atoms with van der Waals surface area (Å²) in [7, 11) is 0. The minimum Gasteiger partial charge on any atom is -0.791 e. The van der Waals surface area contributed by atoms with Gasteiger partial charge >= 0.3 is 5.63 Å². The molecule has 3 aromatic rings. The van der Waals surface area contributed by atoms with E-state index >= 15 is 0 Å². The molecule has 1 heterocycles. The Balaban J connectivity index is 1.82. The highest BCUT2D eigenvalue weighted by atomic mass is 16.5. The second-order valence-corrected chi connectivity index (χ2v) is 5.80.